The van der Waals surface area contributed by atoms with E-state index in [1.165, 1.54) is 0 Å². The predicted octanol–water partition coefficient (Wildman–Crippen LogP) is -0.0697. The van der Waals surface area contributed by atoms with Gasteiger partial charge in [0.05, 0.1) is 0 Å². The second-order valence-corrected chi connectivity index (χ2v) is 1.56. The van der Waals surface area contributed by atoms with E-state index in [1.807, 2.05) is 0 Å². The third kappa shape index (κ3) is 3.61. The summed E-state index contributed by atoms with van der Waals surface area (Å²) < 4.78 is 4.44. The SMILES string of the molecule is CC(CCO)OC=O. The Morgan fingerprint density at radius 1 is 1.88 bits per heavy atom. The van der Waals surface area contributed by atoms with Crippen LogP contribution in [0.15, 0.2) is 0 Å². The molecular weight excluding hydrogens is 108 g/mol. The van der Waals surface area contributed by atoms with Crippen molar-refractivity contribution >= 4 is 6.47 Å². The lowest BCUT2D eigenvalue weighted by molar-refractivity contribution is -0.133. The highest BCUT2D eigenvalue weighted by molar-refractivity contribution is 5.37. The molecule has 0 aliphatic rings. The van der Waals surface area contributed by atoms with Crippen molar-refractivity contribution in [3.63, 3.8) is 0 Å². The quantitative estimate of drug-likeness (QED) is 0.525. The highest BCUT2D eigenvalue weighted by atomic mass is 16.5. The molecule has 0 rings (SSSR count). The number of aliphatic hydroxyl groups is 1. The van der Waals surface area contributed by atoms with E-state index in [4.69, 9.17) is 5.11 Å². The molecule has 0 aromatic carbocycles. The Labute approximate surface area is 48.3 Å². The first kappa shape index (κ1) is 7.43. The zero-order valence-corrected chi connectivity index (χ0v) is 4.83. The van der Waals surface area contributed by atoms with Gasteiger partial charge >= 0.3 is 0 Å². The molecule has 0 bridgehead atoms. The highest BCUT2D eigenvalue weighted by Crippen LogP contribution is 1.91. The molecule has 0 heterocycles. The van der Waals surface area contributed by atoms with Crippen LogP contribution in [-0.2, 0) is 9.53 Å². The van der Waals surface area contributed by atoms with Crippen LogP contribution in [0.4, 0.5) is 0 Å². The Hall–Kier alpha value is -0.570. The molecule has 3 heteroatoms. The topological polar surface area (TPSA) is 46.5 Å². The van der Waals surface area contributed by atoms with E-state index in [0.717, 1.165) is 0 Å². The zero-order valence-electron chi connectivity index (χ0n) is 4.83. The fraction of sp³-hybridized carbons (Fsp3) is 0.800. The molecule has 0 fully saturated rings. The van der Waals surface area contributed by atoms with E-state index in [-0.39, 0.29) is 12.7 Å². The highest BCUT2D eigenvalue weighted by Gasteiger charge is 1.96. The van der Waals surface area contributed by atoms with E-state index in [1.54, 1.807) is 6.92 Å². The number of carbonyl (C=O) groups excluding carboxylic acids is 1. The molecule has 0 radical (unpaired) electrons. The van der Waals surface area contributed by atoms with Crippen molar-refractivity contribution in [1.29, 1.82) is 0 Å². The number of rotatable bonds is 4. The molecule has 1 unspecified atom stereocenters. The average molecular weight is 118 g/mol. The van der Waals surface area contributed by atoms with Crippen molar-refractivity contribution < 1.29 is 14.6 Å². The van der Waals surface area contributed by atoms with Crippen molar-refractivity contribution in [2.75, 3.05) is 6.61 Å². The van der Waals surface area contributed by atoms with Crippen LogP contribution < -0.4 is 0 Å². The lowest BCUT2D eigenvalue weighted by atomic mass is 10.3. The summed E-state index contributed by atoms with van der Waals surface area (Å²) >= 11 is 0. The van der Waals surface area contributed by atoms with Crippen LogP contribution in [0.3, 0.4) is 0 Å². The lowest BCUT2D eigenvalue weighted by Gasteiger charge is -2.04. The van der Waals surface area contributed by atoms with Gasteiger partial charge in [0.15, 0.2) is 0 Å². The molecule has 8 heavy (non-hydrogen) atoms. The standard InChI is InChI=1S/C5H10O3/c1-5(2-3-6)8-4-7/h4-6H,2-3H2,1H3. The summed E-state index contributed by atoms with van der Waals surface area (Å²) in [7, 11) is 0. The van der Waals surface area contributed by atoms with E-state index in [2.05, 4.69) is 4.74 Å². The Bertz CT molecular complexity index is 62.7. The molecule has 0 amide bonds. The summed E-state index contributed by atoms with van der Waals surface area (Å²) in [6.45, 7) is 2.18. The Kier molecular flexibility index (Phi) is 4.26. The van der Waals surface area contributed by atoms with Crippen LogP contribution in [-0.4, -0.2) is 24.3 Å². The first-order valence-corrected chi connectivity index (χ1v) is 2.51. The number of hydrogen-bond acceptors (Lipinski definition) is 3. The summed E-state index contributed by atoms with van der Waals surface area (Å²) in [5.74, 6) is 0. The Morgan fingerprint density at radius 2 is 2.50 bits per heavy atom. The summed E-state index contributed by atoms with van der Waals surface area (Å²) in [5, 5.41) is 8.27. The average Bonchev–Trinajstić information content (AvgIpc) is 1.68. The number of hydrogen-bond donors (Lipinski definition) is 1. The van der Waals surface area contributed by atoms with Crippen molar-refractivity contribution in [3.05, 3.63) is 0 Å². The van der Waals surface area contributed by atoms with Crippen molar-refractivity contribution in [1.82, 2.24) is 0 Å². The molecule has 48 valence electrons. The monoisotopic (exact) mass is 118 g/mol. The lowest BCUT2D eigenvalue weighted by Crippen LogP contribution is -2.08. The van der Waals surface area contributed by atoms with Gasteiger partial charge in [-0.05, 0) is 6.92 Å². The van der Waals surface area contributed by atoms with Gasteiger partial charge < -0.3 is 9.84 Å². The first-order valence-electron chi connectivity index (χ1n) is 2.51. The molecular formula is C5H10O3. The molecule has 0 aliphatic heterocycles. The minimum absolute atomic E-state index is 0.0645. The second-order valence-electron chi connectivity index (χ2n) is 1.56. The Balaban J connectivity index is 3.03. The van der Waals surface area contributed by atoms with Crippen LogP contribution in [0.1, 0.15) is 13.3 Å². The van der Waals surface area contributed by atoms with Crippen molar-refractivity contribution in [2.45, 2.75) is 19.4 Å². The van der Waals surface area contributed by atoms with Gasteiger partial charge in [-0.15, -0.1) is 0 Å². The fourth-order valence-electron chi connectivity index (χ4n) is 0.345. The van der Waals surface area contributed by atoms with Gasteiger partial charge in [0.2, 0.25) is 0 Å². The smallest absolute Gasteiger partial charge is 0.293 e. The van der Waals surface area contributed by atoms with Crippen LogP contribution in [0.2, 0.25) is 0 Å². The maximum Gasteiger partial charge on any atom is 0.293 e. The number of ether oxygens (including phenoxy) is 1. The van der Waals surface area contributed by atoms with Gasteiger partial charge in [-0.1, -0.05) is 0 Å². The molecule has 1 atom stereocenters. The van der Waals surface area contributed by atoms with Gasteiger partial charge in [-0.25, -0.2) is 0 Å². The summed E-state index contributed by atoms with van der Waals surface area (Å²) in [6.07, 6.45) is 0.358. The van der Waals surface area contributed by atoms with Crippen LogP contribution in [0.25, 0.3) is 0 Å². The first-order chi connectivity index (χ1) is 3.81. The van der Waals surface area contributed by atoms with E-state index in [0.29, 0.717) is 12.9 Å². The zero-order chi connectivity index (χ0) is 6.41. The summed E-state index contributed by atoms with van der Waals surface area (Å²) in [5.41, 5.74) is 0. The number of aliphatic hydroxyl groups excluding tert-OH is 1. The molecule has 1 N–H and O–H groups in total. The van der Waals surface area contributed by atoms with Crippen LogP contribution in [0.5, 0.6) is 0 Å². The van der Waals surface area contributed by atoms with Crippen molar-refractivity contribution in [2.24, 2.45) is 0 Å². The normalized spacial score (nSPS) is 12.8. The third-order valence-corrected chi connectivity index (χ3v) is 0.823. The van der Waals surface area contributed by atoms with E-state index >= 15 is 0 Å². The maximum atomic E-state index is 9.59. The fourth-order valence-corrected chi connectivity index (χ4v) is 0.345. The molecule has 0 aromatic rings. The second kappa shape index (κ2) is 4.59. The largest absolute Gasteiger partial charge is 0.465 e. The molecule has 3 nitrogen and oxygen atoms in total. The molecule has 0 aliphatic carbocycles. The summed E-state index contributed by atoms with van der Waals surface area (Å²) in [4.78, 5) is 9.59. The summed E-state index contributed by atoms with van der Waals surface area (Å²) in [6, 6.07) is 0. The molecule has 0 spiro atoms. The predicted molar refractivity (Wildman–Crippen MR) is 28.3 cm³/mol. The van der Waals surface area contributed by atoms with Gasteiger partial charge in [0, 0.05) is 13.0 Å². The van der Waals surface area contributed by atoms with E-state index in [9.17, 15) is 4.79 Å². The van der Waals surface area contributed by atoms with Gasteiger partial charge in [-0.2, -0.15) is 0 Å². The van der Waals surface area contributed by atoms with Crippen LogP contribution >= 0.6 is 0 Å². The van der Waals surface area contributed by atoms with Crippen molar-refractivity contribution in [3.8, 4) is 0 Å². The molecule has 0 saturated carbocycles. The van der Waals surface area contributed by atoms with Gasteiger partial charge in [0.1, 0.15) is 6.10 Å². The van der Waals surface area contributed by atoms with Crippen LogP contribution in [0, 0.1) is 0 Å². The maximum absolute atomic E-state index is 9.59. The molecule has 0 aromatic heterocycles. The number of carbonyl (C=O) groups is 1. The third-order valence-electron chi connectivity index (χ3n) is 0.823. The van der Waals surface area contributed by atoms with Gasteiger partial charge in [-0.3, -0.25) is 4.79 Å². The molecule has 0 saturated heterocycles. The minimum atomic E-state index is -0.155. The Morgan fingerprint density at radius 3 is 2.88 bits per heavy atom. The van der Waals surface area contributed by atoms with E-state index < -0.39 is 0 Å². The van der Waals surface area contributed by atoms with Gasteiger partial charge in [0.25, 0.3) is 6.47 Å². The minimum Gasteiger partial charge on any atom is -0.465 e.